The summed E-state index contributed by atoms with van der Waals surface area (Å²) in [6.45, 7) is 3.92. The first-order valence-corrected chi connectivity index (χ1v) is 8.19. The maximum atomic E-state index is 11.8. The molecule has 0 amide bonds. The maximum absolute atomic E-state index is 11.8. The third kappa shape index (κ3) is 2.84. The first-order chi connectivity index (χ1) is 13.1. The van der Waals surface area contributed by atoms with Gasteiger partial charge in [-0.25, -0.2) is 9.97 Å². The number of fused-ring (bicyclic) bond motifs is 1. The second-order valence-corrected chi connectivity index (χ2v) is 6.01. The van der Waals surface area contributed by atoms with Crippen LogP contribution in [0.3, 0.4) is 0 Å². The molecule has 0 aliphatic carbocycles. The van der Waals surface area contributed by atoms with Crippen LogP contribution in [0.2, 0.25) is 0 Å². The smallest absolute Gasteiger partial charge is 0.334 e. The number of anilines is 2. The quantitative estimate of drug-likeness (QED) is 0.437. The predicted molar refractivity (Wildman–Crippen MR) is 100 cm³/mol. The van der Waals surface area contributed by atoms with Crippen molar-refractivity contribution in [2.75, 3.05) is 5.32 Å². The molecule has 0 saturated heterocycles. The van der Waals surface area contributed by atoms with Crippen LogP contribution in [0.15, 0.2) is 48.8 Å². The normalized spacial score (nSPS) is 10.9. The summed E-state index contributed by atoms with van der Waals surface area (Å²) in [6, 6.07) is 12.9. The molecule has 134 valence electrons. The first-order valence-electron chi connectivity index (χ1n) is 8.19. The first kappa shape index (κ1) is 16.6. The van der Waals surface area contributed by atoms with Crippen molar-refractivity contribution in [3.8, 4) is 5.82 Å². The van der Waals surface area contributed by atoms with E-state index in [1.54, 1.807) is 12.1 Å². The number of nitro groups is 1. The Labute approximate surface area is 153 Å². The fourth-order valence-corrected chi connectivity index (χ4v) is 2.82. The summed E-state index contributed by atoms with van der Waals surface area (Å²) < 4.78 is 1.35. The summed E-state index contributed by atoms with van der Waals surface area (Å²) in [5.74, 6) is 0.148. The van der Waals surface area contributed by atoms with Crippen LogP contribution in [0, 0.1) is 24.0 Å². The molecular weight excluding hydrogens is 346 g/mol. The predicted octanol–water partition coefficient (Wildman–Crippen LogP) is 3.48. The molecule has 0 atom stereocenters. The van der Waals surface area contributed by atoms with Crippen LogP contribution in [-0.4, -0.2) is 29.9 Å². The molecule has 0 aliphatic rings. The Balaban J connectivity index is 1.89. The third-order valence-electron chi connectivity index (χ3n) is 4.40. The summed E-state index contributed by atoms with van der Waals surface area (Å²) in [6.07, 6.45) is 1.27. The van der Waals surface area contributed by atoms with Gasteiger partial charge in [0, 0.05) is 5.69 Å². The highest BCUT2D eigenvalue weighted by molar-refractivity contribution is 5.79. The van der Waals surface area contributed by atoms with Crippen LogP contribution < -0.4 is 5.32 Å². The van der Waals surface area contributed by atoms with Crippen molar-refractivity contribution in [2.24, 2.45) is 0 Å². The fourth-order valence-electron chi connectivity index (χ4n) is 2.82. The van der Waals surface area contributed by atoms with Crippen LogP contribution in [-0.2, 0) is 0 Å². The molecule has 2 aromatic heterocycles. The van der Waals surface area contributed by atoms with Gasteiger partial charge in [0.2, 0.25) is 11.6 Å². The Morgan fingerprint density at radius 2 is 1.89 bits per heavy atom. The summed E-state index contributed by atoms with van der Waals surface area (Å²) in [7, 11) is 0. The lowest BCUT2D eigenvalue weighted by Gasteiger charge is -2.12. The van der Waals surface area contributed by atoms with E-state index in [1.807, 2.05) is 44.2 Å². The number of nitrogens with zero attached hydrogens (tertiary/aromatic N) is 6. The van der Waals surface area contributed by atoms with Gasteiger partial charge in [-0.1, -0.05) is 29.5 Å². The second-order valence-electron chi connectivity index (χ2n) is 6.01. The van der Waals surface area contributed by atoms with Gasteiger partial charge in [0.1, 0.15) is 11.8 Å². The van der Waals surface area contributed by atoms with E-state index >= 15 is 0 Å². The Morgan fingerprint density at radius 3 is 2.70 bits per heavy atom. The average Bonchev–Trinajstić information content (AvgIpc) is 3.09. The van der Waals surface area contributed by atoms with Crippen LogP contribution in [0.1, 0.15) is 11.1 Å². The molecule has 2 heterocycles. The topological polar surface area (TPSA) is 112 Å². The van der Waals surface area contributed by atoms with E-state index in [4.69, 9.17) is 0 Å². The zero-order valence-corrected chi connectivity index (χ0v) is 14.6. The second kappa shape index (κ2) is 6.45. The Morgan fingerprint density at radius 1 is 1.07 bits per heavy atom. The molecule has 0 saturated carbocycles. The van der Waals surface area contributed by atoms with Crippen LogP contribution >= 0.6 is 0 Å². The van der Waals surface area contributed by atoms with E-state index in [0.717, 1.165) is 16.8 Å². The van der Waals surface area contributed by atoms with Gasteiger partial charge < -0.3 is 5.32 Å². The molecule has 0 radical (unpaired) electrons. The molecular formula is C18H15N7O2. The minimum Gasteiger partial charge on any atom is -0.334 e. The monoisotopic (exact) mass is 361 g/mol. The molecule has 0 unspecified atom stereocenters. The molecule has 0 bridgehead atoms. The van der Waals surface area contributed by atoms with Gasteiger partial charge in [0.15, 0.2) is 0 Å². The minimum atomic E-state index is -0.515. The van der Waals surface area contributed by atoms with Gasteiger partial charge in [-0.15, -0.1) is 5.10 Å². The molecule has 4 aromatic rings. The highest BCUT2D eigenvalue weighted by Crippen LogP contribution is 2.32. The van der Waals surface area contributed by atoms with Crippen LogP contribution in [0.4, 0.5) is 17.2 Å². The van der Waals surface area contributed by atoms with Crippen LogP contribution in [0.25, 0.3) is 16.9 Å². The number of rotatable bonds is 4. The molecule has 2 aromatic carbocycles. The van der Waals surface area contributed by atoms with Crippen molar-refractivity contribution in [3.05, 3.63) is 70.0 Å². The van der Waals surface area contributed by atoms with E-state index in [1.165, 1.54) is 11.0 Å². The molecule has 0 fully saturated rings. The van der Waals surface area contributed by atoms with Crippen molar-refractivity contribution < 1.29 is 4.92 Å². The van der Waals surface area contributed by atoms with Crippen molar-refractivity contribution in [1.29, 1.82) is 0 Å². The fraction of sp³-hybridized carbons (Fsp3) is 0.111. The number of nitrogens with one attached hydrogen (secondary N) is 1. The van der Waals surface area contributed by atoms with Crippen LogP contribution in [0.5, 0.6) is 0 Å². The summed E-state index contributed by atoms with van der Waals surface area (Å²) >= 11 is 0. The van der Waals surface area contributed by atoms with E-state index < -0.39 is 4.92 Å². The molecule has 0 aliphatic heterocycles. The van der Waals surface area contributed by atoms with Gasteiger partial charge in [-0.05, 0) is 43.2 Å². The number of aryl methyl sites for hydroxylation is 1. The standard InChI is InChI=1S/C18H15N7O2/c1-11-6-5-8-13(12(11)2)21-17-16(25(26)27)18(20-10-19-17)24-15-9-4-3-7-14(15)22-23-24/h3-10H,1-2H3,(H,19,20,21). The SMILES string of the molecule is Cc1cccc(Nc2ncnc(-n3nnc4ccccc43)c2[N+](=O)[O-])c1C. The van der Waals surface area contributed by atoms with Crippen molar-refractivity contribution in [2.45, 2.75) is 13.8 Å². The highest BCUT2D eigenvalue weighted by Gasteiger charge is 2.26. The summed E-state index contributed by atoms with van der Waals surface area (Å²) in [4.78, 5) is 19.5. The summed E-state index contributed by atoms with van der Waals surface area (Å²) in [5, 5.41) is 23.0. The average molecular weight is 361 g/mol. The zero-order chi connectivity index (χ0) is 19.0. The Bertz CT molecular complexity index is 1170. The molecule has 27 heavy (non-hydrogen) atoms. The number of benzene rings is 2. The maximum Gasteiger partial charge on any atom is 0.356 e. The lowest BCUT2D eigenvalue weighted by molar-refractivity contribution is -0.384. The lowest BCUT2D eigenvalue weighted by Crippen LogP contribution is -2.09. The van der Waals surface area contributed by atoms with E-state index in [2.05, 4.69) is 25.6 Å². The van der Waals surface area contributed by atoms with E-state index in [-0.39, 0.29) is 17.3 Å². The van der Waals surface area contributed by atoms with Crippen molar-refractivity contribution in [3.63, 3.8) is 0 Å². The van der Waals surface area contributed by atoms with Gasteiger partial charge in [-0.2, -0.15) is 4.68 Å². The lowest BCUT2D eigenvalue weighted by atomic mass is 10.1. The van der Waals surface area contributed by atoms with Crippen molar-refractivity contribution in [1.82, 2.24) is 25.0 Å². The zero-order valence-electron chi connectivity index (χ0n) is 14.6. The van der Waals surface area contributed by atoms with E-state index in [0.29, 0.717) is 11.0 Å². The number of para-hydroxylation sites is 1. The van der Waals surface area contributed by atoms with Gasteiger partial charge >= 0.3 is 5.69 Å². The molecule has 9 nitrogen and oxygen atoms in total. The number of hydrogen-bond acceptors (Lipinski definition) is 7. The number of hydrogen-bond donors (Lipinski definition) is 1. The largest absolute Gasteiger partial charge is 0.356 e. The third-order valence-corrected chi connectivity index (χ3v) is 4.40. The van der Waals surface area contributed by atoms with Gasteiger partial charge in [0.25, 0.3) is 0 Å². The minimum absolute atomic E-state index is 0.0523. The molecule has 9 heteroatoms. The number of aromatic nitrogens is 5. The van der Waals surface area contributed by atoms with Gasteiger partial charge in [0.05, 0.1) is 10.4 Å². The molecule has 4 rings (SSSR count). The van der Waals surface area contributed by atoms with E-state index in [9.17, 15) is 10.1 Å². The highest BCUT2D eigenvalue weighted by atomic mass is 16.6. The van der Waals surface area contributed by atoms with Gasteiger partial charge in [-0.3, -0.25) is 10.1 Å². The Kier molecular flexibility index (Phi) is 3.96. The Hall–Kier alpha value is -3.88. The molecule has 0 spiro atoms. The van der Waals surface area contributed by atoms with Crippen molar-refractivity contribution >= 4 is 28.2 Å². The summed E-state index contributed by atoms with van der Waals surface area (Å²) in [5.41, 5.74) is 3.77. The molecule has 1 N–H and O–H groups in total.